The van der Waals surface area contributed by atoms with Gasteiger partial charge in [0.15, 0.2) is 11.5 Å². The molecule has 10 nitrogen and oxygen atoms in total. The highest BCUT2D eigenvalue weighted by Crippen LogP contribution is 2.37. The van der Waals surface area contributed by atoms with E-state index in [4.69, 9.17) is 9.47 Å². The zero-order chi connectivity index (χ0) is 24.1. The summed E-state index contributed by atoms with van der Waals surface area (Å²) in [6.45, 7) is 0. The Balaban J connectivity index is 2.56. The molecule has 0 radical (unpaired) electrons. The smallest absolute Gasteiger partial charge is 0.330 e. The first-order valence-corrected chi connectivity index (χ1v) is 12.0. The number of carbonyl (C=O) groups excluding carboxylic acids is 1. The molecule has 0 saturated carbocycles. The van der Waals surface area contributed by atoms with Gasteiger partial charge in [-0.15, -0.1) is 0 Å². The molecule has 0 heterocycles. The number of sulfonamides is 2. The maximum atomic E-state index is 13.2. The van der Waals surface area contributed by atoms with Crippen molar-refractivity contribution in [2.75, 3.05) is 40.1 Å². The summed E-state index contributed by atoms with van der Waals surface area (Å²) in [6, 6.07) is 8.16. The first-order chi connectivity index (χ1) is 15.0. The third-order valence-corrected chi connectivity index (χ3v) is 7.43. The van der Waals surface area contributed by atoms with Crippen molar-refractivity contribution < 1.29 is 35.8 Å². The minimum absolute atomic E-state index is 0.0319. The van der Waals surface area contributed by atoms with E-state index in [1.54, 1.807) is 0 Å². The van der Waals surface area contributed by atoms with Crippen LogP contribution in [0, 0.1) is 0 Å². The number of anilines is 1. The molecule has 2 aromatic carbocycles. The second-order valence-electron chi connectivity index (χ2n) is 6.53. The molecule has 0 spiro atoms. The van der Waals surface area contributed by atoms with Crippen LogP contribution in [-0.2, 0) is 29.6 Å². The molecule has 0 saturated heterocycles. The Bertz CT molecular complexity index is 1240. The van der Waals surface area contributed by atoms with E-state index < -0.39 is 26.0 Å². The first-order valence-electron chi connectivity index (χ1n) is 9.03. The molecule has 0 unspecified atom stereocenters. The average molecular weight is 485 g/mol. The summed E-state index contributed by atoms with van der Waals surface area (Å²) in [6.07, 6.45) is 2.48. The number of methoxy groups -OCH3 is 3. The van der Waals surface area contributed by atoms with Gasteiger partial charge < -0.3 is 14.2 Å². The molecule has 1 N–H and O–H groups in total. The van der Waals surface area contributed by atoms with Crippen molar-refractivity contribution in [3.8, 4) is 11.5 Å². The van der Waals surface area contributed by atoms with Gasteiger partial charge in [0.25, 0.3) is 10.0 Å². The van der Waals surface area contributed by atoms with E-state index >= 15 is 0 Å². The summed E-state index contributed by atoms with van der Waals surface area (Å²) in [4.78, 5) is 11.0. The molecule has 2 aromatic rings. The third-order valence-electron chi connectivity index (χ3n) is 4.23. The Morgan fingerprint density at radius 1 is 1.00 bits per heavy atom. The maximum Gasteiger partial charge on any atom is 0.330 e. The largest absolute Gasteiger partial charge is 0.493 e. The second-order valence-corrected chi connectivity index (χ2v) is 10.3. The maximum absolute atomic E-state index is 13.2. The summed E-state index contributed by atoms with van der Waals surface area (Å²) < 4.78 is 69.5. The fraction of sp³-hybridized carbons (Fsp3) is 0.250. The van der Waals surface area contributed by atoms with Crippen LogP contribution in [-0.4, -0.2) is 62.5 Å². The molecular formula is C20H24N2O8S2. The SMILES string of the molecule is COC(=O)/C=C/c1cc(OC)c(OC)c(S(=O)(=O)Nc2cccc(S(=O)(=O)N(C)C)c2)c1. The van der Waals surface area contributed by atoms with E-state index in [-0.39, 0.29) is 27.0 Å². The average Bonchev–Trinajstić information content (AvgIpc) is 2.76. The Kier molecular flexibility index (Phi) is 7.88. The number of hydrogen-bond acceptors (Lipinski definition) is 8. The second kappa shape index (κ2) is 10.0. The van der Waals surface area contributed by atoms with Crippen LogP contribution in [0.25, 0.3) is 6.08 Å². The molecule has 0 bridgehead atoms. The van der Waals surface area contributed by atoms with Gasteiger partial charge in [-0.1, -0.05) is 6.07 Å². The summed E-state index contributed by atoms with van der Waals surface area (Å²) in [5, 5.41) is 0. The number of rotatable bonds is 9. The monoisotopic (exact) mass is 484 g/mol. The zero-order valence-corrected chi connectivity index (χ0v) is 19.8. The van der Waals surface area contributed by atoms with Crippen LogP contribution < -0.4 is 14.2 Å². The lowest BCUT2D eigenvalue weighted by molar-refractivity contribution is -0.134. The molecule has 0 aromatic heterocycles. The summed E-state index contributed by atoms with van der Waals surface area (Å²) in [5.74, 6) is -0.572. The number of esters is 1. The van der Waals surface area contributed by atoms with Crippen molar-refractivity contribution in [2.45, 2.75) is 9.79 Å². The van der Waals surface area contributed by atoms with Crippen LogP contribution >= 0.6 is 0 Å². The summed E-state index contributed by atoms with van der Waals surface area (Å²) in [5.41, 5.74) is 0.363. The molecule has 0 aliphatic heterocycles. The van der Waals surface area contributed by atoms with E-state index in [1.165, 1.54) is 77.9 Å². The zero-order valence-electron chi connectivity index (χ0n) is 18.1. The van der Waals surface area contributed by atoms with E-state index in [9.17, 15) is 21.6 Å². The molecule has 0 aliphatic rings. The number of nitrogens with zero attached hydrogens (tertiary/aromatic N) is 1. The van der Waals surface area contributed by atoms with Crippen LogP contribution in [0.15, 0.2) is 52.3 Å². The first kappa shape index (κ1) is 25.2. The van der Waals surface area contributed by atoms with Gasteiger partial charge in [-0.3, -0.25) is 4.72 Å². The lowest BCUT2D eigenvalue weighted by Gasteiger charge is -2.16. The molecule has 2 rings (SSSR count). The highest BCUT2D eigenvalue weighted by atomic mass is 32.2. The quantitative estimate of drug-likeness (QED) is 0.422. The van der Waals surface area contributed by atoms with E-state index in [2.05, 4.69) is 9.46 Å². The van der Waals surface area contributed by atoms with Crippen LogP contribution in [0.2, 0.25) is 0 Å². The van der Waals surface area contributed by atoms with Crippen LogP contribution in [0.1, 0.15) is 5.56 Å². The molecule has 0 amide bonds. The van der Waals surface area contributed by atoms with E-state index in [1.807, 2.05) is 0 Å². The van der Waals surface area contributed by atoms with Crippen molar-refractivity contribution in [3.05, 3.63) is 48.0 Å². The Morgan fingerprint density at radius 2 is 1.69 bits per heavy atom. The van der Waals surface area contributed by atoms with Crippen LogP contribution in [0.3, 0.4) is 0 Å². The lowest BCUT2D eigenvalue weighted by Crippen LogP contribution is -2.22. The number of ether oxygens (including phenoxy) is 3. The van der Waals surface area contributed by atoms with Gasteiger partial charge in [0, 0.05) is 20.2 Å². The molecular weight excluding hydrogens is 460 g/mol. The fourth-order valence-electron chi connectivity index (χ4n) is 2.62. The topological polar surface area (TPSA) is 128 Å². The van der Waals surface area contributed by atoms with Crippen molar-refractivity contribution in [1.29, 1.82) is 0 Å². The molecule has 32 heavy (non-hydrogen) atoms. The molecule has 0 aliphatic carbocycles. The molecule has 0 fully saturated rings. The Labute approximate surface area is 187 Å². The number of hydrogen-bond donors (Lipinski definition) is 1. The minimum Gasteiger partial charge on any atom is -0.493 e. The van der Waals surface area contributed by atoms with Crippen molar-refractivity contribution in [2.24, 2.45) is 0 Å². The summed E-state index contributed by atoms with van der Waals surface area (Å²) in [7, 11) is -1.44. The van der Waals surface area contributed by atoms with Gasteiger partial charge in [0.05, 0.1) is 31.9 Å². The predicted molar refractivity (Wildman–Crippen MR) is 119 cm³/mol. The van der Waals surface area contributed by atoms with Gasteiger partial charge >= 0.3 is 5.97 Å². The van der Waals surface area contributed by atoms with Crippen LogP contribution in [0.4, 0.5) is 5.69 Å². The number of benzene rings is 2. The Morgan fingerprint density at radius 3 is 2.25 bits per heavy atom. The lowest BCUT2D eigenvalue weighted by atomic mass is 10.2. The molecule has 0 atom stereocenters. The molecule has 174 valence electrons. The summed E-state index contributed by atoms with van der Waals surface area (Å²) >= 11 is 0. The van der Waals surface area contributed by atoms with Gasteiger partial charge in [-0.2, -0.15) is 0 Å². The third kappa shape index (κ3) is 5.58. The van der Waals surface area contributed by atoms with E-state index in [0.717, 1.165) is 10.4 Å². The standard InChI is InChI=1S/C20H24N2O8S2/c1-22(2)32(26,27)16-8-6-7-15(13-16)21-31(24,25)18-12-14(9-10-19(23)29-4)11-17(28-3)20(18)30-5/h6-13,21H,1-5H3/b10-9+. The van der Waals surface area contributed by atoms with Gasteiger partial charge in [0.2, 0.25) is 10.0 Å². The minimum atomic E-state index is -4.25. The van der Waals surface area contributed by atoms with Crippen LogP contribution in [0.5, 0.6) is 11.5 Å². The van der Waals surface area contributed by atoms with Gasteiger partial charge in [-0.05, 0) is 42.0 Å². The van der Waals surface area contributed by atoms with Crippen molar-refractivity contribution in [3.63, 3.8) is 0 Å². The highest BCUT2D eigenvalue weighted by Gasteiger charge is 2.25. The number of carbonyl (C=O) groups is 1. The number of nitrogens with one attached hydrogen (secondary N) is 1. The van der Waals surface area contributed by atoms with Crippen molar-refractivity contribution >= 4 is 37.8 Å². The van der Waals surface area contributed by atoms with Gasteiger partial charge in [0.1, 0.15) is 4.90 Å². The Hall–Kier alpha value is -3.09. The fourth-order valence-corrected chi connectivity index (χ4v) is 4.83. The normalized spacial score (nSPS) is 12.1. The van der Waals surface area contributed by atoms with Gasteiger partial charge in [-0.25, -0.2) is 25.9 Å². The predicted octanol–water partition coefficient (Wildman–Crippen LogP) is 1.94. The van der Waals surface area contributed by atoms with Crippen molar-refractivity contribution in [1.82, 2.24) is 4.31 Å². The van der Waals surface area contributed by atoms with E-state index in [0.29, 0.717) is 5.56 Å². The highest BCUT2D eigenvalue weighted by molar-refractivity contribution is 7.92. The molecule has 12 heteroatoms.